The fourth-order valence-corrected chi connectivity index (χ4v) is 4.10. The summed E-state index contributed by atoms with van der Waals surface area (Å²) in [6.07, 6.45) is 1.52. The van der Waals surface area contributed by atoms with E-state index >= 15 is 0 Å². The van der Waals surface area contributed by atoms with Crippen molar-refractivity contribution in [3.8, 4) is 0 Å². The lowest BCUT2D eigenvalue weighted by molar-refractivity contribution is -0.138. The minimum absolute atomic E-state index is 0.0382. The predicted octanol–water partition coefficient (Wildman–Crippen LogP) is 3.00. The normalized spacial score (nSPS) is 17.2. The molecule has 5 nitrogen and oxygen atoms in total. The van der Waals surface area contributed by atoms with Crippen molar-refractivity contribution in [1.82, 2.24) is 15.2 Å². The molecule has 1 aromatic carbocycles. The van der Waals surface area contributed by atoms with E-state index in [1.54, 1.807) is 22.3 Å². The van der Waals surface area contributed by atoms with Crippen molar-refractivity contribution >= 4 is 23.2 Å². The van der Waals surface area contributed by atoms with Crippen LogP contribution in [0.2, 0.25) is 0 Å². The van der Waals surface area contributed by atoms with Crippen molar-refractivity contribution in [2.75, 3.05) is 13.1 Å². The van der Waals surface area contributed by atoms with E-state index < -0.39 is 0 Å². The first-order chi connectivity index (χ1) is 12.9. The zero-order chi connectivity index (χ0) is 19.4. The van der Waals surface area contributed by atoms with Gasteiger partial charge in [0.2, 0.25) is 11.8 Å². The second-order valence-electron chi connectivity index (χ2n) is 6.92. The van der Waals surface area contributed by atoms with Gasteiger partial charge in [-0.15, -0.1) is 11.3 Å². The molecule has 2 aromatic rings. The molecule has 1 aliphatic rings. The standard InChI is InChI=1S/C20H24FN3O2S/c1-13-14(2)27-18(23-13)11-22-20(26)16-6-7-19(25)24(12-16)9-8-15-4-3-5-17(21)10-15/h3-5,10,16H,6-9,11-12H2,1-2H3,(H,22,26)/t16-/m0/s1. The molecule has 1 atom stereocenters. The Morgan fingerprint density at radius 3 is 2.93 bits per heavy atom. The number of likely N-dealkylation sites (tertiary alicyclic amines) is 1. The van der Waals surface area contributed by atoms with Gasteiger partial charge in [-0.05, 0) is 44.4 Å². The molecular formula is C20H24FN3O2S. The summed E-state index contributed by atoms with van der Waals surface area (Å²) < 4.78 is 13.3. The average molecular weight is 389 g/mol. The van der Waals surface area contributed by atoms with Crippen molar-refractivity contribution in [3.05, 3.63) is 51.2 Å². The van der Waals surface area contributed by atoms with E-state index in [0.717, 1.165) is 21.1 Å². The maximum Gasteiger partial charge on any atom is 0.225 e. The largest absolute Gasteiger partial charge is 0.349 e. The monoisotopic (exact) mass is 389 g/mol. The van der Waals surface area contributed by atoms with Gasteiger partial charge < -0.3 is 10.2 Å². The highest BCUT2D eigenvalue weighted by Crippen LogP contribution is 2.20. The molecule has 0 aliphatic carbocycles. The Bertz CT molecular complexity index is 817. The number of hydrogen-bond donors (Lipinski definition) is 1. The molecule has 1 saturated heterocycles. The van der Waals surface area contributed by atoms with Crippen LogP contribution in [0, 0.1) is 25.6 Å². The number of benzene rings is 1. The summed E-state index contributed by atoms with van der Waals surface area (Å²) in [5, 5.41) is 3.84. The molecule has 2 heterocycles. The molecule has 27 heavy (non-hydrogen) atoms. The second kappa shape index (κ2) is 8.61. The van der Waals surface area contributed by atoms with Crippen LogP contribution in [-0.4, -0.2) is 34.8 Å². The van der Waals surface area contributed by atoms with E-state index in [4.69, 9.17) is 0 Å². The van der Waals surface area contributed by atoms with Gasteiger partial charge in [0.1, 0.15) is 10.8 Å². The lowest BCUT2D eigenvalue weighted by Crippen LogP contribution is -2.46. The minimum atomic E-state index is -0.276. The Hall–Kier alpha value is -2.28. The summed E-state index contributed by atoms with van der Waals surface area (Å²) in [5.74, 6) is -0.467. The fourth-order valence-electron chi connectivity index (χ4n) is 3.22. The first-order valence-corrected chi connectivity index (χ1v) is 9.97. The quantitative estimate of drug-likeness (QED) is 0.826. The van der Waals surface area contributed by atoms with Crippen LogP contribution in [0.15, 0.2) is 24.3 Å². The van der Waals surface area contributed by atoms with Gasteiger partial charge in [0, 0.05) is 24.4 Å². The van der Waals surface area contributed by atoms with Crippen LogP contribution in [0.3, 0.4) is 0 Å². The van der Waals surface area contributed by atoms with E-state index in [9.17, 15) is 14.0 Å². The molecule has 3 rings (SSSR count). The average Bonchev–Trinajstić information content (AvgIpc) is 2.97. The lowest BCUT2D eigenvalue weighted by atomic mass is 9.96. The van der Waals surface area contributed by atoms with Gasteiger partial charge in [-0.2, -0.15) is 0 Å². The number of rotatable bonds is 6. The first kappa shape index (κ1) is 19.5. The highest BCUT2D eigenvalue weighted by atomic mass is 32.1. The molecule has 2 amide bonds. The van der Waals surface area contributed by atoms with E-state index in [2.05, 4.69) is 10.3 Å². The van der Waals surface area contributed by atoms with Crippen molar-refractivity contribution in [1.29, 1.82) is 0 Å². The maximum atomic E-state index is 13.3. The van der Waals surface area contributed by atoms with Crippen LogP contribution in [0.4, 0.5) is 4.39 Å². The molecule has 1 aliphatic heterocycles. The van der Waals surface area contributed by atoms with Gasteiger partial charge in [-0.25, -0.2) is 9.37 Å². The number of thiazole rings is 1. The van der Waals surface area contributed by atoms with Gasteiger partial charge in [0.15, 0.2) is 0 Å². The van der Waals surface area contributed by atoms with Crippen molar-refractivity contribution in [2.45, 2.75) is 39.7 Å². The Kier molecular flexibility index (Phi) is 6.21. The lowest BCUT2D eigenvalue weighted by Gasteiger charge is -2.32. The number of halogens is 1. The number of amides is 2. The Labute approximate surface area is 162 Å². The van der Waals surface area contributed by atoms with Crippen LogP contribution < -0.4 is 5.32 Å². The van der Waals surface area contributed by atoms with Gasteiger partial charge in [0.05, 0.1) is 18.2 Å². The van der Waals surface area contributed by atoms with Gasteiger partial charge in [-0.1, -0.05) is 12.1 Å². The van der Waals surface area contributed by atoms with Crippen LogP contribution >= 0.6 is 11.3 Å². The molecule has 0 radical (unpaired) electrons. The zero-order valence-corrected chi connectivity index (χ0v) is 16.4. The number of aromatic nitrogens is 1. The van der Waals surface area contributed by atoms with Crippen LogP contribution in [0.5, 0.6) is 0 Å². The molecule has 0 spiro atoms. The van der Waals surface area contributed by atoms with Gasteiger partial charge >= 0.3 is 0 Å². The second-order valence-corrected chi connectivity index (χ2v) is 8.21. The first-order valence-electron chi connectivity index (χ1n) is 9.15. The number of piperidine rings is 1. The van der Waals surface area contributed by atoms with Crippen LogP contribution in [-0.2, 0) is 22.6 Å². The van der Waals surface area contributed by atoms with E-state index in [1.165, 1.54) is 12.1 Å². The molecule has 1 N–H and O–H groups in total. The fraction of sp³-hybridized carbons (Fsp3) is 0.450. The molecule has 0 saturated carbocycles. The molecule has 144 valence electrons. The maximum absolute atomic E-state index is 13.3. The minimum Gasteiger partial charge on any atom is -0.349 e. The van der Waals surface area contributed by atoms with Crippen LogP contribution in [0.25, 0.3) is 0 Å². The Morgan fingerprint density at radius 1 is 1.41 bits per heavy atom. The molecule has 0 unspecified atom stereocenters. The topological polar surface area (TPSA) is 62.3 Å². The third-order valence-corrected chi connectivity index (χ3v) is 5.99. The summed E-state index contributed by atoms with van der Waals surface area (Å²) in [6.45, 7) is 5.31. The third-order valence-electron chi connectivity index (χ3n) is 4.92. The smallest absolute Gasteiger partial charge is 0.225 e. The molecule has 0 bridgehead atoms. The van der Waals surface area contributed by atoms with Crippen molar-refractivity contribution in [3.63, 3.8) is 0 Å². The molecule has 1 aromatic heterocycles. The third kappa shape index (κ3) is 5.13. The molecule has 7 heteroatoms. The summed E-state index contributed by atoms with van der Waals surface area (Å²) in [7, 11) is 0. The summed E-state index contributed by atoms with van der Waals surface area (Å²) in [5.41, 5.74) is 1.85. The Balaban J connectivity index is 1.52. The highest BCUT2D eigenvalue weighted by Gasteiger charge is 2.30. The highest BCUT2D eigenvalue weighted by molar-refractivity contribution is 7.11. The van der Waals surface area contributed by atoms with Crippen LogP contribution in [0.1, 0.15) is 34.0 Å². The number of carbonyl (C=O) groups excluding carboxylic acids is 2. The predicted molar refractivity (Wildman–Crippen MR) is 103 cm³/mol. The summed E-state index contributed by atoms with van der Waals surface area (Å²) >= 11 is 1.59. The molecule has 1 fully saturated rings. The zero-order valence-electron chi connectivity index (χ0n) is 15.6. The number of hydrogen-bond acceptors (Lipinski definition) is 4. The van der Waals surface area contributed by atoms with E-state index in [0.29, 0.717) is 38.9 Å². The summed E-state index contributed by atoms with van der Waals surface area (Å²) in [4.78, 5) is 32.0. The SMILES string of the molecule is Cc1nc(CNC(=O)[C@H]2CCC(=O)N(CCc3cccc(F)c3)C2)sc1C. The van der Waals surface area contributed by atoms with Gasteiger partial charge in [0.25, 0.3) is 0 Å². The van der Waals surface area contributed by atoms with Crippen molar-refractivity contribution < 1.29 is 14.0 Å². The summed E-state index contributed by atoms with van der Waals surface area (Å²) in [6, 6.07) is 6.40. The van der Waals surface area contributed by atoms with E-state index in [-0.39, 0.29) is 23.5 Å². The Morgan fingerprint density at radius 2 is 2.22 bits per heavy atom. The number of aryl methyl sites for hydroxylation is 2. The molecular weight excluding hydrogens is 365 g/mol. The number of nitrogens with one attached hydrogen (secondary N) is 1. The van der Waals surface area contributed by atoms with Gasteiger partial charge in [-0.3, -0.25) is 9.59 Å². The van der Waals surface area contributed by atoms with E-state index in [1.807, 2.05) is 19.9 Å². The number of carbonyl (C=O) groups is 2. The van der Waals surface area contributed by atoms with Crippen molar-refractivity contribution in [2.24, 2.45) is 5.92 Å². The number of nitrogens with zero attached hydrogens (tertiary/aromatic N) is 2.